The molecule has 1 unspecified atom stereocenters. The van der Waals surface area contributed by atoms with Crippen LogP contribution in [-0.4, -0.2) is 40.1 Å². The van der Waals surface area contributed by atoms with Crippen LogP contribution >= 0.6 is 0 Å². The number of benzene rings is 1. The van der Waals surface area contributed by atoms with E-state index in [1.807, 2.05) is 0 Å². The van der Waals surface area contributed by atoms with E-state index in [1.54, 1.807) is 7.11 Å². The van der Waals surface area contributed by atoms with Crippen molar-refractivity contribution in [3.05, 3.63) is 35.4 Å². The minimum Gasteiger partial charge on any atom is -0.385 e. The fraction of sp³-hybridized carbons (Fsp3) is 0.571. The Kier molecular flexibility index (Phi) is 8.29. The van der Waals surface area contributed by atoms with Gasteiger partial charge in [0.15, 0.2) is 11.6 Å². The normalized spacial score (nSPS) is 12.6. The second-order valence-electron chi connectivity index (χ2n) is 4.28. The highest BCUT2D eigenvalue weighted by Crippen LogP contribution is 2.17. The van der Waals surface area contributed by atoms with Crippen LogP contribution in [0.15, 0.2) is 18.2 Å². The Morgan fingerprint density at radius 1 is 1.10 bits per heavy atom. The second kappa shape index (κ2) is 9.77. The summed E-state index contributed by atoms with van der Waals surface area (Å²) < 4.78 is 41.9. The molecule has 4 nitrogen and oxygen atoms in total. The molecule has 0 radical (unpaired) electrons. The van der Waals surface area contributed by atoms with Gasteiger partial charge in [0, 0.05) is 25.9 Å². The summed E-state index contributed by atoms with van der Waals surface area (Å²) in [5.41, 5.74) is 5.87. The van der Waals surface area contributed by atoms with E-state index >= 15 is 0 Å². The first kappa shape index (κ1) is 17.0. The lowest BCUT2D eigenvalue weighted by atomic mass is 10.1. The molecule has 0 aliphatic rings. The van der Waals surface area contributed by atoms with Crippen molar-refractivity contribution in [3.8, 4) is 0 Å². The molecule has 0 bridgehead atoms. The third-order valence-corrected chi connectivity index (χ3v) is 2.69. The first-order valence-corrected chi connectivity index (χ1v) is 6.50. The lowest BCUT2D eigenvalue weighted by molar-refractivity contribution is 0.0352. The van der Waals surface area contributed by atoms with Crippen molar-refractivity contribution >= 4 is 0 Å². The van der Waals surface area contributed by atoms with Crippen LogP contribution in [0, 0.1) is 11.6 Å². The average Bonchev–Trinajstić information content (AvgIpc) is 2.44. The van der Waals surface area contributed by atoms with Gasteiger partial charge in [-0.2, -0.15) is 0 Å². The van der Waals surface area contributed by atoms with Gasteiger partial charge in [-0.1, -0.05) is 12.1 Å². The van der Waals surface area contributed by atoms with Crippen molar-refractivity contribution in [1.29, 1.82) is 0 Å². The number of halogens is 2. The van der Waals surface area contributed by atoms with Crippen LogP contribution < -0.4 is 5.73 Å². The van der Waals surface area contributed by atoms with E-state index < -0.39 is 17.7 Å². The standard InChI is InChI=1S/C14H21F2NO3/c1-18-6-3-7-19-8-9-20-10-13(17)11-4-2-5-12(15)14(11)16/h2,4-5,13H,3,6-10,17H2,1H3. The molecule has 114 valence electrons. The van der Waals surface area contributed by atoms with Gasteiger partial charge in [-0.3, -0.25) is 0 Å². The first-order valence-electron chi connectivity index (χ1n) is 6.50. The van der Waals surface area contributed by atoms with Gasteiger partial charge in [0.1, 0.15) is 0 Å². The second-order valence-corrected chi connectivity index (χ2v) is 4.28. The van der Waals surface area contributed by atoms with Crippen LogP contribution in [0.25, 0.3) is 0 Å². The summed E-state index contributed by atoms with van der Waals surface area (Å²) in [6.07, 6.45) is 0.824. The van der Waals surface area contributed by atoms with Gasteiger partial charge < -0.3 is 19.9 Å². The number of ether oxygens (including phenoxy) is 3. The summed E-state index contributed by atoms with van der Waals surface area (Å²) in [6, 6.07) is 3.24. The van der Waals surface area contributed by atoms with Gasteiger partial charge in [-0.15, -0.1) is 0 Å². The fourth-order valence-electron chi connectivity index (χ4n) is 1.63. The minimum absolute atomic E-state index is 0.113. The quantitative estimate of drug-likeness (QED) is 0.670. The predicted molar refractivity (Wildman–Crippen MR) is 71.4 cm³/mol. The van der Waals surface area contributed by atoms with E-state index in [2.05, 4.69) is 0 Å². The highest BCUT2D eigenvalue weighted by atomic mass is 19.2. The minimum atomic E-state index is -0.917. The van der Waals surface area contributed by atoms with Crippen LogP contribution in [0.1, 0.15) is 18.0 Å². The Balaban J connectivity index is 2.17. The van der Waals surface area contributed by atoms with Crippen LogP contribution in [0.3, 0.4) is 0 Å². The molecular weight excluding hydrogens is 268 g/mol. The van der Waals surface area contributed by atoms with Gasteiger partial charge >= 0.3 is 0 Å². The topological polar surface area (TPSA) is 53.7 Å². The van der Waals surface area contributed by atoms with Crippen LogP contribution in [0.4, 0.5) is 8.78 Å². The van der Waals surface area contributed by atoms with E-state index in [-0.39, 0.29) is 12.2 Å². The van der Waals surface area contributed by atoms with Crippen LogP contribution in [0.5, 0.6) is 0 Å². The van der Waals surface area contributed by atoms with E-state index in [1.165, 1.54) is 12.1 Å². The number of hydrogen-bond acceptors (Lipinski definition) is 4. The van der Waals surface area contributed by atoms with Gasteiger partial charge in [0.2, 0.25) is 0 Å². The van der Waals surface area contributed by atoms with Crippen molar-refractivity contribution in [1.82, 2.24) is 0 Å². The van der Waals surface area contributed by atoms with Crippen LogP contribution in [0.2, 0.25) is 0 Å². The SMILES string of the molecule is COCCCOCCOCC(N)c1cccc(F)c1F. The van der Waals surface area contributed by atoms with Gasteiger partial charge in [0.25, 0.3) is 0 Å². The van der Waals surface area contributed by atoms with Crippen molar-refractivity contribution in [2.24, 2.45) is 5.73 Å². The lowest BCUT2D eigenvalue weighted by Gasteiger charge is -2.13. The predicted octanol–water partition coefficient (Wildman–Crippen LogP) is 2.03. The Morgan fingerprint density at radius 3 is 2.60 bits per heavy atom. The van der Waals surface area contributed by atoms with E-state index in [4.69, 9.17) is 19.9 Å². The van der Waals surface area contributed by atoms with E-state index in [0.29, 0.717) is 26.4 Å². The number of methoxy groups -OCH3 is 1. The third kappa shape index (κ3) is 5.92. The maximum atomic E-state index is 13.5. The van der Waals surface area contributed by atoms with Crippen molar-refractivity contribution in [3.63, 3.8) is 0 Å². The summed E-state index contributed by atoms with van der Waals surface area (Å²) in [5.74, 6) is -1.82. The highest BCUT2D eigenvalue weighted by Gasteiger charge is 2.14. The maximum Gasteiger partial charge on any atom is 0.163 e. The molecule has 1 aromatic carbocycles. The number of nitrogens with two attached hydrogens (primary N) is 1. The Morgan fingerprint density at radius 2 is 1.85 bits per heavy atom. The summed E-state index contributed by atoms with van der Waals surface area (Å²) in [4.78, 5) is 0. The number of hydrogen-bond donors (Lipinski definition) is 1. The van der Waals surface area contributed by atoms with Crippen molar-refractivity contribution in [2.45, 2.75) is 12.5 Å². The Bertz CT molecular complexity index is 391. The maximum absolute atomic E-state index is 13.5. The zero-order chi connectivity index (χ0) is 14.8. The monoisotopic (exact) mass is 289 g/mol. The largest absolute Gasteiger partial charge is 0.385 e. The van der Waals surface area contributed by atoms with E-state index in [0.717, 1.165) is 12.5 Å². The molecule has 2 N–H and O–H groups in total. The van der Waals surface area contributed by atoms with Gasteiger partial charge in [0.05, 0.1) is 25.9 Å². The molecule has 20 heavy (non-hydrogen) atoms. The van der Waals surface area contributed by atoms with Crippen molar-refractivity contribution in [2.75, 3.05) is 40.1 Å². The molecule has 0 spiro atoms. The van der Waals surface area contributed by atoms with Crippen molar-refractivity contribution < 1.29 is 23.0 Å². The lowest BCUT2D eigenvalue weighted by Crippen LogP contribution is -2.20. The molecule has 0 saturated carbocycles. The third-order valence-electron chi connectivity index (χ3n) is 2.69. The zero-order valence-electron chi connectivity index (χ0n) is 11.6. The molecule has 0 fully saturated rings. The molecule has 1 rings (SSSR count). The zero-order valence-corrected chi connectivity index (χ0v) is 11.6. The van der Waals surface area contributed by atoms with Gasteiger partial charge in [-0.25, -0.2) is 8.78 Å². The highest BCUT2D eigenvalue weighted by molar-refractivity contribution is 5.22. The molecule has 0 aliphatic carbocycles. The Hall–Kier alpha value is -1.08. The molecule has 0 heterocycles. The first-order chi connectivity index (χ1) is 9.66. The molecule has 1 aromatic rings. The van der Waals surface area contributed by atoms with Gasteiger partial charge in [-0.05, 0) is 12.5 Å². The molecule has 1 atom stereocenters. The summed E-state index contributed by atoms with van der Waals surface area (Å²) in [6.45, 7) is 2.16. The summed E-state index contributed by atoms with van der Waals surface area (Å²) >= 11 is 0. The fourth-order valence-corrected chi connectivity index (χ4v) is 1.63. The smallest absolute Gasteiger partial charge is 0.163 e. The number of rotatable bonds is 10. The average molecular weight is 289 g/mol. The molecular formula is C14H21F2NO3. The van der Waals surface area contributed by atoms with E-state index in [9.17, 15) is 8.78 Å². The molecule has 0 saturated heterocycles. The molecule has 0 aliphatic heterocycles. The summed E-state index contributed by atoms with van der Waals surface area (Å²) in [7, 11) is 1.63. The Labute approximate surface area is 117 Å². The molecule has 6 heteroatoms. The summed E-state index contributed by atoms with van der Waals surface area (Å²) in [5, 5.41) is 0. The van der Waals surface area contributed by atoms with Crippen LogP contribution in [-0.2, 0) is 14.2 Å². The molecule has 0 amide bonds. The molecule has 0 aromatic heterocycles.